The molecule has 144 valence electrons. The second kappa shape index (κ2) is 7.87. The van der Waals surface area contributed by atoms with E-state index in [4.69, 9.17) is 0 Å². The molecule has 0 saturated carbocycles. The smallest absolute Gasteiger partial charge is 0.266 e. The van der Waals surface area contributed by atoms with Crippen LogP contribution in [0.15, 0.2) is 64.2 Å². The van der Waals surface area contributed by atoms with Gasteiger partial charge in [0.15, 0.2) is 0 Å². The Hall–Kier alpha value is -3.11. The molecule has 3 rings (SSSR count). The Morgan fingerprint density at radius 2 is 1.71 bits per heavy atom. The summed E-state index contributed by atoms with van der Waals surface area (Å²) in [5.74, 6) is -3.50. The molecule has 10 heteroatoms. The first-order valence-corrected chi connectivity index (χ1v) is 10.2. The second-order valence-corrected chi connectivity index (χ2v) is 7.95. The third kappa shape index (κ3) is 4.24. The first-order chi connectivity index (χ1) is 13.3. The van der Waals surface area contributed by atoms with Crippen molar-refractivity contribution in [1.82, 2.24) is 4.72 Å². The maximum atomic E-state index is 13.8. The highest BCUT2D eigenvalue weighted by Gasteiger charge is 2.24. The minimum Gasteiger partial charge on any atom is -0.321 e. The second-order valence-electron chi connectivity index (χ2n) is 5.52. The average molecular weight is 422 g/mol. The lowest BCUT2D eigenvalue weighted by molar-refractivity contribution is 0.0980. The van der Waals surface area contributed by atoms with Crippen molar-refractivity contribution in [2.75, 3.05) is 5.32 Å². The summed E-state index contributed by atoms with van der Waals surface area (Å²) < 4.78 is 54.4. The van der Waals surface area contributed by atoms with Crippen LogP contribution in [0.5, 0.6) is 0 Å². The van der Waals surface area contributed by atoms with Gasteiger partial charge in [-0.25, -0.2) is 21.9 Å². The third-order valence-corrected chi connectivity index (χ3v) is 5.68. The van der Waals surface area contributed by atoms with Crippen LogP contribution in [0.2, 0.25) is 0 Å². The highest BCUT2D eigenvalue weighted by Crippen LogP contribution is 2.24. The molecule has 2 aromatic carbocycles. The number of carbonyl (C=O) groups excluding carboxylic acids is 2. The normalized spacial score (nSPS) is 11.1. The molecular weight excluding hydrogens is 410 g/mol. The van der Waals surface area contributed by atoms with E-state index in [1.54, 1.807) is 5.38 Å². The molecule has 1 heterocycles. The van der Waals surface area contributed by atoms with E-state index in [1.807, 2.05) is 4.72 Å². The Morgan fingerprint density at radius 1 is 0.964 bits per heavy atom. The van der Waals surface area contributed by atoms with Gasteiger partial charge in [-0.05, 0) is 41.8 Å². The summed E-state index contributed by atoms with van der Waals surface area (Å²) in [6.07, 6.45) is 0. The number of rotatable bonds is 5. The van der Waals surface area contributed by atoms with Crippen molar-refractivity contribution in [2.24, 2.45) is 0 Å². The van der Waals surface area contributed by atoms with Gasteiger partial charge in [0.25, 0.3) is 21.8 Å². The zero-order valence-corrected chi connectivity index (χ0v) is 15.6. The van der Waals surface area contributed by atoms with Gasteiger partial charge in [-0.2, -0.15) is 11.3 Å². The average Bonchev–Trinajstić information content (AvgIpc) is 3.16. The number of hydrogen-bond donors (Lipinski definition) is 2. The van der Waals surface area contributed by atoms with E-state index in [0.29, 0.717) is 0 Å². The largest absolute Gasteiger partial charge is 0.321 e. The van der Waals surface area contributed by atoms with Gasteiger partial charge >= 0.3 is 0 Å². The molecule has 0 atom stereocenters. The van der Waals surface area contributed by atoms with Gasteiger partial charge in [-0.3, -0.25) is 9.59 Å². The number of halogens is 2. The predicted octanol–water partition coefficient (Wildman–Crippen LogP) is 3.40. The van der Waals surface area contributed by atoms with Gasteiger partial charge in [-0.1, -0.05) is 12.1 Å². The van der Waals surface area contributed by atoms with Crippen molar-refractivity contribution in [3.63, 3.8) is 0 Å². The number of hydrogen-bond acceptors (Lipinski definition) is 5. The Morgan fingerprint density at radius 3 is 2.39 bits per heavy atom. The number of nitrogens with one attached hydrogen (secondary N) is 2. The first-order valence-electron chi connectivity index (χ1n) is 7.73. The van der Waals surface area contributed by atoms with Crippen LogP contribution < -0.4 is 10.0 Å². The standard InChI is InChI=1S/C18H12F2N2O4S2/c19-12-5-6-16(28(25,26)22-17(23)11-7-8-27-10-11)15(9-12)21-18(24)13-3-1-2-4-14(13)20/h1-10H,(H,21,24)(H,22,23). The van der Waals surface area contributed by atoms with Crippen LogP contribution in [0.25, 0.3) is 0 Å². The highest BCUT2D eigenvalue weighted by molar-refractivity contribution is 7.90. The first kappa shape index (κ1) is 19.6. The maximum absolute atomic E-state index is 13.8. The van der Waals surface area contributed by atoms with Crippen LogP contribution in [-0.2, 0) is 10.0 Å². The molecular formula is C18H12F2N2O4S2. The zero-order chi connectivity index (χ0) is 20.3. The number of benzene rings is 2. The number of carbonyl (C=O) groups is 2. The van der Waals surface area contributed by atoms with Crippen LogP contribution in [0.1, 0.15) is 20.7 Å². The van der Waals surface area contributed by atoms with Gasteiger partial charge in [-0.15, -0.1) is 0 Å². The van der Waals surface area contributed by atoms with Crippen molar-refractivity contribution >= 4 is 38.9 Å². The molecule has 6 nitrogen and oxygen atoms in total. The molecule has 2 N–H and O–H groups in total. The molecule has 0 bridgehead atoms. The van der Waals surface area contributed by atoms with Gasteiger partial charge in [0.2, 0.25) is 0 Å². The van der Waals surface area contributed by atoms with Gasteiger partial charge in [0, 0.05) is 5.38 Å². The van der Waals surface area contributed by atoms with E-state index < -0.39 is 44.1 Å². The van der Waals surface area contributed by atoms with Crippen molar-refractivity contribution in [1.29, 1.82) is 0 Å². The summed E-state index contributed by atoms with van der Waals surface area (Å²) in [6.45, 7) is 0. The summed E-state index contributed by atoms with van der Waals surface area (Å²) in [7, 11) is -4.44. The quantitative estimate of drug-likeness (QED) is 0.659. The van der Waals surface area contributed by atoms with Crippen molar-refractivity contribution in [2.45, 2.75) is 4.90 Å². The van der Waals surface area contributed by atoms with E-state index in [1.165, 1.54) is 41.0 Å². The SMILES string of the molecule is O=C(NS(=O)(=O)c1ccc(F)cc1NC(=O)c1ccccc1F)c1ccsc1. The molecule has 2 amide bonds. The zero-order valence-electron chi connectivity index (χ0n) is 14.0. The number of thiophene rings is 1. The monoisotopic (exact) mass is 422 g/mol. The van der Waals surface area contributed by atoms with Crippen LogP contribution >= 0.6 is 11.3 Å². The topological polar surface area (TPSA) is 92.3 Å². The van der Waals surface area contributed by atoms with Gasteiger partial charge in [0.1, 0.15) is 16.5 Å². The fraction of sp³-hybridized carbons (Fsp3) is 0. The summed E-state index contributed by atoms with van der Waals surface area (Å²) in [5.41, 5.74) is -0.649. The Labute approximate surface area is 162 Å². The molecule has 0 aliphatic rings. The lowest BCUT2D eigenvalue weighted by Crippen LogP contribution is -2.31. The Kier molecular flexibility index (Phi) is 5.52. The maximum Gasteiger partial charge on any atom is 0.266 e. The fourth-order valence-corrected chi connectivity index (χ4v) is 4.05. The molecule has 28 heavy (non-hydrogen) atoms. The van der Waals surface area contributed by atoms with Crippen molar-refractivity contribution < 1.29 is 26.8 Å². The lowest BCUT2D eigenvalue weighted by atomic mass is 10.2. The highest BCUT2D eigenvalue weighted by atomic mass is 32.2. The van der Waals surface area contributed by atoms with Crippen LogP contribution in [-0.4, -0.2) is 20.2 Å². The van der Waals surface area contributed by atoms with Crippen molar-refractivity contribution in [3.8, 4) is 0 Å². The minimum atomic E-state index is -4.44. The fourth-order valence-electron chi connectivity index (χ4n) is 2.30. The summed E-state index contributed by atoms with van der Waals surface area (Å²) in [6, 6.07) is 9.00. The van der Waals surface area contributed by atoms with Crippen LogP contribution in [0.3, 0.4) is 0 Å². The molecule has 0 spiro atoms. The number of anilines is 1. The van der Waals surface area contributed by atoms with Gasteiger partial charge in [0.05, 0.1) is 16.8 Å². The molecule has 3 aromatic rings. The summed E-state index contributed by atoms with van der Waals surface area (Å²) >= 11 is 1.20. The van der Waals surface area contributed by atoms with E-state index in [9.17, 15) is 26.8 Å². The predicted molar refractivity (Wildman–Crippen MR) is 99.7 cm³/mol. The Bertz CT molecular complexity index is 1150. The van der Waals surface area contributed by atoms with E-state index >= 15 is 0 Å². The third-order valence-electron chi connectivity index (χ3n) is 3.61. The van der Waals surface area contributed by atoms with E-state index in [2.05, 4.69) is 5.32 Å². The molecule has 0 fully saturated rings. The van der Waals surface area contributed by atoms with E-state index in [0.717, 1.165) is 24.3 Å². The Balaban J connectivity index is 1.93. The summed E-state index contributed by atoms with van der Waals surface area (Å²) in [4.78, 5) is 23.8. The molecule has 0 radical (unpaired) electrons. The van der Waals surface area contributed by atoms with Crippen molar-refractivity contribution in [3.05, 3.63) is 82.1 Å². The lowest BCUT2D eigenvalue weighted by Gasteiger charge is -2.13. The number of amides is 2. The number of sulfonamides is 1. The molecule has 0 saturated heterocycles. The molecule has 0 unspecified atom stereocenters. The van der Waals surface area contributed by atoms with Crippen LogP contribution in [0.4, 0.5) is 14.5 Å². The van der Waals surface area contributed by atoms with Gasteiger partial charge < -0.3 is 5.32 Å². The molecule has 0 aliphatic carbocycles. The van der Waals surface area contributed by atoms with Crippen LogP contribution in [0, 0.1) is 11.6 Å². The summed E-state index contributed by atoms with van der Waals surface area (Å²) in [5, 5.41) is 5.23. The molecule has 1 aromatic heterocycles. The van der Waals surface area contributed by atoms with E-state index in [-0.39, 0.29) is 11.1 Å². The molecule has 0 aliphatic heterocycles. The minimum absolute atomic E-state index is 0.132.